The molecule has 0 fully saturated rings. The van der Waals surface area contributed by atoms with E-state index in [4.69, 9.17) is 37.5 Å². The molecule has 0 amide bonds. The van der Waals surface area contributed by atoms with Gasteiger partial charge >= 0.3 is 20.2 Å². The third-order valence-corrected chi connectivity index (χ3v) is 6.41. The zero-order valence-electron chi connectivity index (χ0n) is 25.3. The van der Waals surface area contributed by atoms with Crippen LogP contribution in [0.2, 0.25) is 0 Å². The molecule has 0 aliphatic carbocycles. The highest BCUT2D eigenvalue weighted by Gasteiger charge is 2.37. The fraction of sp³-hybridized carbons (Fsp3) is 1.00. The molecule has 0 aromatic heterocycles. The van der Waals surface area contributed by atoms with Gasteiger partial charge in [0.2, 0.25) is 0 Å². The maximum Gasteiger partial charge on any atom is 0.319 e. The highest BCUT2D eigenvalue weighted by atomic mass is 31.1. The first-order valence-electron chi connectivity index (χ1n) is 15.1. The summed E-state index contributed by atoms with van der Waals surface area (Å²) in [7, 11) is -2.96. The average molecular weight is 571 g/mol. The van der Waals surface area contributed by atoms with Crippen molar-refractivity contribution in [3.05, 3.63) is 0 Å². The lowest BCUT2D eigenvalue weighted by Gasteiger charge is -2.34. The molecule has 0 aromatic rings. The number of ether oxygens (including phenoxy) is 6. The van der Waals surface area contributed by atoms with Crippen molar-refractivity contribution in [2.75, 3.05) is 52.9 Å². The zero-order chi connectivity index (χ0) is 28.4. The predicted molar refractivity (Wildman–Crippen MR) is 152 cm³/mol. The van der Waals surface area contributed by atoms with Crippen LogP contribution in [0.15, 0.2) is 0 Å². The number of rotatable bonds is 30. The Bertz CT molecular complexity index is 439. The molecule has 0 aliphatic heterocycles. The maximum absolute atomic E-state index is 12.9. The smallest absolute Gasteiger partial charge is 0.319 e. The minimum atomic E-state index is -2.96. The molecule has 0 spiro atoms. The van der Waals surface area contributed by atoms with Crippen molar-refractivity contribution in [1.29, 1.82) is 0 Å². The molecule has 0 N–H and O–H groups in total. The van der Waals surface area contributed by atoms with E-state index in [1.807, 2.05) is 0 Å². The van der Waals surface area contributed by atoms with E-state index in [1.54, 1.807) is 0 Å². The molecule has 0 aliphatic rings. The molecule has 230 valence electrons. The minimum absolute atomic E-state index is 0.168. The van der Waals surface area contributed by atoms with Gasteiger partial charge in [0.1, 0.15) is 13.2 Å². The average Bonchev–Trinajstić information content (AvgIpc) is 2.91. The molecular weight excluding hydrogens is 511 g/mol. The van der Waals surface area contributed by atoms with E-state index in [2.05, 4.69) is 41.5 Å². The third kappa shape index (κ3) is 19.1. The molecule has 0 aromatic carbocycles. The zero-order valence-corrected chi connectivity index (χ0v) is 26.3. The number of hydrogen-bond donors (Lipinski definition) is 0. The molecule has 10 heteroatoms. The summed E-state index contributed by atoms with van der Waals surface area (Å²) < 4.78 is 60.4. The second-order valence-corrected chi connectivity index (χ2v) is 10.5. The summed E-state index contributed by atoms with van der Waals surface area (Å²) in [5.41, 5.74) is 0. The van der Waals surface area contributed by atoms with Crippen LogP contribution in [0, 0.1) is 0 Å². The maximum atomic E-state index is 12.9. The van der Waals surface area contributed by atoms with Gasteiger partial charge in [-0.3, -0.25) is 4.57 Å². The van der Waals surface area contributed by atoms with E-state index < -0.39 is 20.2 Å². The summed E-state index contributed by atoms with van der Waals surface area (Å²) >= 11 is 0. The van der Waals surface area contributed by atoms with E-state index >= 15 is 0 Å². The lowest BCUT2D eigenvalue weighted by Crippen LogP contribution is -2.45. The molecule has 0 saturated carbocycles. The first kappa shape index (κ1) is 37.9. The van der Waals surface area contributed by atoms with Crippen molar-refractivity contribution in [3.8, 4) is 0 Å². The monoisotopic (exact) mass is 570 g/mol. The fourth-order valence-corrected chi connectivity index (χ4v) is 3.74. The summed E-state index contributed by atoms with van der Waals surface area (Å²) in [5.74, 6) is -2.85. The second kappa shape index (κ2) is 25.8. The van der Waals surface area contributed by atoms with Gasteiger partial charge in [-0.15, -0.1) is 0 Å². The highest BCUT2D eigenvalue weighted by Crippen LogP contribution is 2.32. The summed E-state index contributed by atoms with van der Waals surface area (Å²) in [6.07, 6.45) is 10.9. The van der Waals surface area contributed by atoms with Gasteiger partial charge in [0.15, 0.2) is 0 Å². The molecule has 9 nitrogen and oxygen atoms in total. The molecule has 0 heterocycles. The van der Waals surface area contributed by atoms with Crippen molar-refractivity contribution >= 4 is 8.25 Å². The minimum Gasteiger partial charge on any atom is -0.326 e. The first-order chi connectivity index (χ1) is 18.5. The van der Waals surface area contributed by atoms with E-state index in [-0.39, 0.29) is 13.2 Å². The predicted octanol–water partition coefficient (Wildman–Crippen LogP) is 7.62. The summed E-state index contributed by atoms with van der Waals surface area (Å²) in [5, 5.41) is 0. The van der Waals surface area contributed by atoms with Crippen molar-refractivity contribution in [1.82, 2.24) is 0 Å². The van der Waals surface area contributed by atoms with E-state index in [0.717, 1.165) is 77.0 Å². The molecule has 0 atom stereocenters. The van der Waals surface area contributed by atoms with Gasteiger partial charge in [0.05, 0.1) is 39.6 Å². The van der Waals surface area contributed by atoms with Gasteiger partial charge in [-0.1, -0.05) is 80.1 Å². The molecular formula is C28H59O9P. The van der Waals surface area contributed by atoms with E-state index in [9.17, 15) is 4.57 Å². The van der Waals surface area contributed by atoms with Crippen LogP contribution in [-0.2, 0) is 42.0 Å². The Balaban J connectivity index is 5.38. The summed E-state index contributed by atoms with van der Waals surface area (Å²) in [4.78, 5) is 0. The van der Waals surface area contributed by atoms with Crippen molar-refractivity contribution < 1.29 is 42.0 Å². The van der Waals surface area contributed by atoms with E-state index in [0.29, 0.717) is 39.6 Å². The highest BCUT2D eigenvalue weighted by molar-refractivity contribution is 7.33. The molecule has 38 heavy (non-hydrogen) atoms. The van der Waals surface area contributed by atoms with Gasteiger partial charge in [-0.25, -0.2) is 0 Å². The molecule has 0 saturated heterocycles. The third-order valence-electron chi connectivity index (χ3n) is 5.65. The van der Waals surface area contributed by atoms with Crippen LogP contribution in [0.25, 0.3) is 0 Å². The fourth-order valence-electron chi connectivity index (χ4n) is 3.07. The Morgan fingerprint density at radius 1 is 0.421 bits per heavy atom. The van der Waals surface area contributed by atoms with Gasteiger partial charge in [0, 0.05) is 0 Å². The quantitative estimate of drug-likeness (QED) is 0.0491. The van der Waals surface area contributed by atoms with Crippen molar-refractivity contribution in [2.45, 2.75) is 131 Å². The summed E-state index contributed by atoms with van der Waals surface area (Å²) in [6.45, 7) is 14.9. The lowest BCUT2D eigenvalue weighted by molar-refractivity contribution is -0.392. The Labute approximate surface area is 233 Å². The molecule has 0 rings (SSSR count). The second-order valence-electron chi connectivity index (χ2n) is 9.41. The Morgan fingerprint density at radius 3 is 0.816 bits per heavy atom. The normalized spacial score (nSPS) is 12.6. The van der Waals surface area contributed by atoms with Crippen LogP contribution in [0.3, 0.4) is 0 Å². The standard InChI is InChI=1S/C28H59O9P/c1-7-13-19-30-27(31-20-14-8-2,32-21-15-9-3)25-36-38(29)37-26-28(33-22-16-10-4,34-23-17-11-5)35-24-18-12-6/h38H,7-26H2,1-6H3. The van der Waals surface area contributed by atoms with Gasteiger partial charge < -0.3 is 37.5 Å². The molecule has 0 unspecified atom stereocenters. The van der Waals surface area contributed by atoms with Crippen LogP contribution in [0.4, 0.5) is 0 Å². The van der Waals surface area contributed by atoms with Gasteiger partial charge in [-0.2, -0.15) is 0 Å². The number of unbranched alkanes of at least 4 members (excludes halogenated alkanes) is 6. The largest absolute Gasteiger partial charge is 0.326 e. The van der Waals surface area contributed by atoms with Crippen LogP contribution in [-0.4, -0.2) is 64.8 Å². The Hall–Kier alpha value is -0.0900. The first-order valence-corrected chi connectivity index (χ1v) is 16.3. The van der Waals surface area contributed by atoms with Crippen molar-refractivity contribution in [2.24, 2.45) is 0 Å². The lowest BCUT2D eigenvalue weighted by atomic mass is 10.3. The van der Waals surface area contributed by atoms with Crippen LogP contribution < -0.4 is 0 Å². The van der Waals surface area contributed by atoms with Crippen molar-refractivity contribution in [3.63, 3.8) is 0 Å². The Kier molecular flexibility index (Phi) is 25.8. The topological polar surface area (TPSA) is 90.9 Å². The molecule has 0 bridgehead atoms. The van der Waals surface area contributed by atoms with Gasteiger partial charge in [0.25, 0.3) is 0 Å². The van der Waals surface area contributed by atoms with Crippen LogP contribution in [0.1, 0.15) is 119 Å². The van der Waals surface area contributed by atoms with Gasteiger partial charge in [-0.05, 0) is 38.5 Å². The SMILES string of the molecule is CCCCOC(CO[PH](=O)OCC(OCCCC)(OCCCC)OCCCC)(OCCCC)OCCCC. The van der Waals surface area contributed by atoms with Crippen LogP contribution in [0.5, 0.6) is 0 Å². The summed E-state index contributed by atoms with van der Waals surface area (Å²) in [6, 6.07) is 0. The number of hydrogen-bond acceptors (Lipinski definition) is 9. The Morgan fingerprint density at radius 2 is 0.632 bits per heavy atom. The van der Waals surface area contributed by atoms with Crippen LogP contribution >= 0.6 is 8.25 Å². The molecule has 0 radical (unpaired) electrons. The van der Waals surface area contributed by atoms with E-state index in [1.165, 1.54) is 0 Å².